The number of guanidine groups is 1. The van der Waals surface area contributed by atoms with Crippen molar-refractivity contribution in [2.45, 2.75) is 6.42 Å². The van der Waals surface area contributed by atoms with Crippen LogP contribution in [0.3, 0.4) is 0 Å². The molecule has 9 heavy (non-hydrogen) atoms. The van der Waals surface area contributed by atoms with E-state index >= 15 is 0 Å². The molecule has 1 heterocycles. The summed E-state index contributed by atoms with van der Waals surface area (Å²) in [6.45, 7) is 2.02. The second kappa shape index (κ2) is 3.92. The number of rotatable bonds is 1. The summed E-state index contributed by atoms with van der Waals surface area (Å²) in [5.41, 5.74) is 0. The van der Waals surface area contributed by atoms with Gasteiger partial charge in [-0.15, -0.1) is 0 Å². The SMILES string of the molecule is ICNC1=NCCCN1. The number of alkyl halides is 1. The van der Waals surface area contributed by atoms with E-state index in [1.54, 1.807) is 0 Å². The lowest BCUT2D eigenvalue weighted by Crippen LogP contribution is -2.39. The van der Waals surface area contributed by atoms with Gasteiger partial charge in [-0.05, 0) is 6.42 Å². The summed E-state index contributed by atoms with van der Waals surface area (Å²) in [6, 6.07) is 0. The lowest BCUT2D eigenvalue weighted by atomic mass is 10.4. The molecule has 0 bridgehead atoms. The molecule has 0 aromatic rings. The Morgan fingerprint density at radius 3 is 3.22 bits per heavy atom. The summed E-state index contributed by atoms with van der Waals surface area (Å²) in [7, 11) is 0. The normalized spacial score (nSPS) is 18.1. The van der Waals surface area contributed by atoms with E-state index in [2.05, 4.69) is 38.2 Å². The van der Waals surface area contributed by atoms with Gasteiger partial charge in [0, 0.05) is 13.1 Å². The van der Waals surface area contributed by atoms with Crippen LogP contribution in [-0.4, -0.2) is 23.6 Å². The predicted molar refractivity (Wildman–Crippen MR) is 46.9 cm³/mol. The largest absolute Gasteiger partial charge is 0.356 e. The van der Waals surface area contributed by atoms with Gasteiger partial charge in [-0.2, -0.15) is 0 Å². The summed E-state index contributed by atoms with van der Waals surface area (Å²) in [4.78, 5) is 4.21. The Hall–Kier alpha value is 0. The third kappa shape index (κ3) is 2.38. The number of halogens is 1. The lowest BCUT2D eigenvalue weighted by molar-refractivity contribution is 0.719. The number of nitrogens with one attached hydrogen (secondary N) is 2. The van der Waals surface area contributed by atoms with Gasteiger partial charge in [-0.25, -0.2) is 0 Å². The average Bonchev–Trinajstić information content (AvgIpc) is 1.91. The van der Waals surface area contributed by atoms with Crippen LogP contribution in [0.2, 0.25) is 0 Å². The van der Waals surface area contributed by atoms with E-state index in [-0.39, 0.29) is 0 Å². The molecule has 0 aliphatic carbocycles. The molecular weight excluding hydrogens is 229 g/mol. The molecule has 0 atom stereocenters. The van der Waals surface area contributed by atoms with Crippen LogP contribution >= 0.6 is 22.6 Å². The molecule has 3 nitrogen and oxygen atoms in total. The molecule has 0 radical (unpaired) electrons. The first kappa shape index (κ1) is 7.11. The minimum atomic E-state index is 0.920. The van der Waals surface area contributed by atoms with E-state index in [0.29, 0.717) is 0 Å². The van der Waals surface area contributed by atoms with Crippen LogP contribution in [0, 0.1) is 0 Å². The Morgan fingerprint density at radius 1 is 1.78 bits per heavy atom. The minimum Gasteiger partial charge on any atom is -0.356 e. The fourth-order valence-electron chi connectivity index (χ4n) is 0.714. The maximum Gasteiger partial charge on any atom is 0.191 e. The van der Waals surface area contributed by atoms with E-state index in [4.69, 9.17) is 0 Å². The molecule has 0 fully saturated rings. The standard InChI is InChI=1S/C5H10IN3/c6-4-9-5-7-2-1-3-8-5/h1-4H2,(H2,7,8,9). The number of hydrogen-bond donors (Lipinski definition) is 2. The van der Waals surface area contributed by atoms with E-state index in [1.165, 1.54) is 0 Å². The van der Waals surface area contributed by atoms with Gasteiger partial charge in [0.2, 0.25) is 0 Å². The van der Waals surface area contributed by atoms with E-state index in [1.807, 2.05) is 0 Å². The highest BCUT2D eigenvalue weighted by Crippen LogP contribution is 1.87. The van der Waals surface area contributed by atoms with Crippen LogP contribution in [0.15, 0.2) is 4.99 Å². The molecular formula is C5H10IN3. The second-order valence-electron chi connectivity index (χ2n) is 1.82. The van der Waals surface area contributed by atoms with Gasteiger partial charge in [0.15, 0.2) is 5.96 Å². The molecule has 1 aliphatic rings. The van der Waals surface area contributed by atoms with Gasteiger partial charge in [0.25, 0.3) is 0 Å². The number of hydrogen-bond acceptors (Lipinski definition) is 3. The third-order valence-corrected chi connectivity index (χ3v) is 1.51. The van der Waals surface area contributed by atoms with Gasteiger partial charge in [-0.3, -0.25) is 4.99 Å². The zero-order valence-electron chi connectivity index (χ0n) is 5.15. The van der Waals surface area contributed by atoms with E-state index < -0.39 is 0 Å². The number of aliphatic imine (C=N–C) groups is 1. The molecule has 0 saturated carbocycles. The first-order chi connectivity index (χ1) is 4.43. The van der Waals surface area contributed by atoms with Gasteiger partial charge >= 0.3 is 0 Å². The van der Waals surface area contributed by atoms with Crippen molar-refractivity contribution < 1.29 is 0 Å². The average molecular weight is 239 g/mol. The van der Waals surface area contributed by atoms with E-state index in [0.717, 1.165) is 30.0 Å². The smallest absolute Gasteiger partial charge is 0.191 e. The second-order valence-corrected chi connectivity index (χ2v) is 2.58. The molecule has 0 unspecified atom stereocenters. The third-order valence-electron chi connectivity index (χ3n) is 1.13. The highest BCUT2D eigenvalue weighted by atomic mass is 127. The topological polar surface area (TPSA) is 36.4 Å². The van der Waals surface area contributed by atoms with Gasteiger partial charge < -0.3 is 10.6 Å². The van der Waals surface area contributed by atoms with Crippen LogP contribution in [0.5, 0.6) is 0 Å². The van der Waals surface area contributed by atoms with Crippen LogP contribution < -0.4 is 10.6 Å². The Labute approximate surface area is 68.5 Å². The van der Waals surface area contributed by atoms with E-state index in [9.17, 15) is 0 Å². The first-order valence-electron chi connectivity index (χ1n) is 3.01. The Morgan fingerprint density at radius 2 is 2.67 bits per heavy atom. The molecule has 1 rings (SSSR count). The quantitative estimate of drug-likeness (QED) is 0.392. The maximum atomic E-state index is 4.21. The summed E-state index contributed by atoms with van der Waals surface area (Å²) in [6.07, 6.45) is 1.16. The summed E-state index contributed by atoms with van der Waals surface area (Å²) >= 11 is 2.26. The van der Waals surface area contributed by atoms with Crippen molar-refractivity contribution in [3.05, 3.63) is 0 Å². The predicted octanol–water partition coefficient (Wildman–Crippen LogP) is 0.318. The highest BCUT2D eigenvalue weighted by molar-refractivity contribution is 14.1. The maximum absolute atomic E-state index is 4.21. The Kier molecular flexibility index (Phi) is 3.10. The zero-order chi connectivity index (χ0) is 6.53. The van der Waals surface area contributed by atoms with Crippen molar-refractivity contribution in [3.63, 3.8) is 0 Å². The van der Waals surface area contributed by atoms with Crippen LogP contribution in [0.25, 0.3) is 0 Å². The van der Waals surface area contributed by atoms with Crippen molar-refractivity contribution in [1.29, 1.82) is 0 Å². The minimum absolute atomic E-state index is 0.920. The van der Waals surface area contributed by atoms with Crippen molar-refractivity contribution >= 4 is 28.6 Å². The molecule has 1 aliphatic heterocycles. The molecule has 0 saturated heterocycles. The highest BCUT2D eigenvalue weighted by Gasteiger charge is 1.99. The molecule has 0 aromatic carbocycles. The van der Waals surface area contributed by atoms with Gasteiger partial charge in [-0.1, -0.05) is 22.6 Å². The molecule has 52 valence electrons. The summed E-state index contributed by atoms with van der Waals surface area (Å²) in [5.74, 6) is 0.954. The molecule has 0 spiro atoms. The molecule has 0 aromatic heterocycles. The fraction of sp³-hybridized carbons (Fsp3) is 0.800. The van der Waals surface area contributed by atoms with Crippen LogP contribution in [0.1, 0.15) is 6.42 Å². The molecule has 4 heteroatoms. The van der Waals surface area contributed by atoms with Gasteiger partial charge in [0.1, 0.15) is 0 Å². The van der Waals surface area contributed by atoms with Crippen molar-refractivity contribution in [2.75, 3.05) is 17.6 Å². The molecule has 2 N–H and O–H groups in total. The van der Waals surface area contributed by atoms with Crippen molar-refractivity contribution in [3.8, 4) is 0 Å². The first-order valence-corrected chi connectivity index (χ1v) is 4.54. The van der Waals surface area contributed by atoms with Gasteiger partial charge in [0.05, 0.1) is 4.55 Å². The van der Waals surface area contributed by atoms with Crippen molar-refractivity contribution in [2.24, 2.45) is 4.99 Å². The Bertz CT molecular complexity index is 113. The van der Waals surface area contributed by atoms with Crippen molar-refractivity contribution in [1.82, 2.24) is 10.6 Å². The lowest BCUT2D eigenvalue weighted by Gasteiger charge is -2.13. The fourth-order valence-corrected chi connectivity index (χ4v) is 1.08. The van der Waals surface area contributed by atoms with Crippen LogP contribution in [0.4, 0.5) is 0 Å². The summed E-state index contributed by atoms with van der Waals surface area (Å²) < 4.78 is 0.920. The summed E-state index contributed by atoms with van der Waals surface area (Å²) in [5, 5.41) is 6.26. The molecule has 0 amide bonds. The number of nitrogens with zero attached hydrogens (tertiary/aromatic N) is 1. The monoisotopic (exact) mass is 239 g/mol. The zero-order valence-corrected chi connectivity index (χ0v) is 7.31. The Balaban J connectivity index is 2.28. The van der Waals surface area contributed by atoms with Crippen LogP contribution in [-0.2, 0) is 0 Å².